The molecule has 0 radical (unpaired) electrons. The Morgan fingerprint density at radius 1 is 0.906 bits per heavy atom. The summed E-state index contributed by atoms with van der Waals surface area (Å²) >= 11 is 12.0. The molecule has 3 rings (SSSR count). The molecule has 2 aromatic carbocycles. The van der Waals surface area contributed by atoms with Gasteiger partial charge in [0.2, 0.25) is 20.0 Å². The summed E-state index contributed by atoms with van der Waals surface area (Å²) < 4.78 is 55.3. The number of rotatable bonds is 7. The topological polar surface area (TPSA) is 74.8 Å². The fourth-order valence-electron chi connectivity index (χ4n) is 4.09. The molecule has 176 valence electrons. The maximum absolute atomic E-state index is 13.2. The molecule has 10 heteroatoms. The third-order valence-corrected chi connectivity index (χ3v) is 10.2. The molecule has 32 heavy (non-hydrogen) atoms. The lowest BCUT2D eigenvalue weighted by atomic mass is 9.94. The van der Waals surface area contributed by atoms with Crippen molar-refractivity contribution in [1.29, 1.82) is 0 Å². The van der Waals surface area contributed by atoms with Crippen LogP contribution < -0.4 is 0 Å². The molecule has 0 spiro atoms. The van der Waals surface area contributed by atoms with Crippen molar-refractivity contribution in [2.45, 2.75) is 43.5 Å². The third kappa shape index (κ3) is 5.48. The van der Waals surface area contributed by atoms with Crippen molar-refractivity contribution < 1.29 is 16.8 Å². The van der Waals surface area contributed by atoms with E-state index >= 15 is 0 Å². The van der Waals surface area contributed by atoms with E-state index in [0.29, 0.717) is 28.7 Å². The normalized spacial score (nSPS) is 20.6. The molecule has 1 fully saturated rings. The Hall–Kier alpha value is -1.16. The average Bonchev–Trinajstić information content (AvgIpc) is 2.73. The van der Waals surface area contributed by atoms with E-state index in [1.54, 1.807) is 25.1 Å². The average molecular weight is 520 g/mol. The molecule has 1 saturated heterocycles. The van der Waals surface area contributed by atoms with E-state index in [-0.39, 0.29) is 34.7 Å². The number of hydrogen-bond acceptors (Lipinski definition) is 4. The monoisotopic (exact) mass is 518 g/mol. The molecule has 1 aliphatic heterocycles. The fraction of sp³-hybridized carbons (Fsp3) is 0.455. The maximum atomic E-state index is 13.2. The predicted octanol–water partition coefficient (Wildman–Crippen LogP) is 4.87. The second kappa shape index (κ2) is 9.99. The van der Waals surface area contributed by atoms with Gasteiger partial charge < -0.3 is 0 Å². The van der Waals surface area contributed by atoms with Gasteiger partial charge in [-0.15, -0.1) is 0 Å². The minimum atomic E-state index is -3.83. The summed E-state index contributed by atoms with van der Waals surface area (Å²) in [6, 6.07) is 10.5. The van der Waals surface area contributed by atoms with E-state index in [1.807, 2.05) is 13.8 Å². The van der Waals surface area contributed by atoms with E-state index in [0.717, 1.165) is 6.42 Å². The summed E-state index contributed by atoms with van der Waals surface area (Å²) in [5.74, 6) is 0.570. The molecule has 1 aliphatic rings. The van der Waals surface area contributed by atoms with Crippen molar-refractivity contribution in [3.63, 3.8) is 0 Å². The lowest BCUT2D eigenvalue weighted by Gasteiger charge is -2.34. The van der Waals surface area contributed by atoms with Crippen LogP contribution in [0.25, 0.3) is 0 Å². The first-order chi connectivity index (χ1) is 14.9. The fourth-order valence-corrected chi connectivity index (χ4v) is 7.53. The first-order valence-corrected chi connectivity index (χ1v) is 14.1. The molecule has 0 aromatic heterocycles. The highest BCUT2D eigenvalue weighted by Gasteiger charge is 2.32. The smallest absolute Gasteiger partial charge is 0.207 e. The Morgan fingerprint density at radius 2 is 1.47 bits per heavy atom. The van der Waals surface area contributed by atoms with Crippen LogP contribution in [0.3, 0.4) is 0 Å². The summed E-state index contributed by atoms with van der Waals surface area (Å²) in [5, 5.41) is 0.754. The van der Waals surface area contributed by atoms with E-state index in [2.05, 4.69) is 0 Å². The Balaban J connectivity index is 1.83. The zero-order chi connectivity index (χ0) is 23.7. The molecule has 2 unspecified atom stereocenters. The minimum absolute atomic E-state index is 0.0405. The number of piperidine rings is 1. The molecule has 0 saturated carbocycles. The molecule has 2 aromatic rings. The van der Waals surface area contributed by atoms with Crippen LogP contribution in [0.5, 0.6) is 0 Å². The maximum Gasteiger partial charge on any atom is 0.243 e. The molecule has 2 atom stereocenters. The van der Waals surface area contributed by atoms with Gasteiger partial charge in [0, 0.05) is 26.2 Å². The lowest BCUT2D eigenvalue weighted by molar-refractivity contribution is 0.222. The second-order valence-corrected chi connectivity index (χ2v) is 13.1. The highest BCUT2D eigenvalue weighted by Crippen LogP contribution is 2.28. The standard InChI is InChI=1S/C22H28Cl2N2O4S2/c1-4-25(15-18-5-10-21(23)22(24)12-18)31(27,28)19-6-8-20(9-7-19)32(29,30)26-13-16(2)11-17(3)14-26/h5-10,12,16-17H,4,11,13-15H2,1-3H3. The quantitative estimate of drug-likeness (QED) is 0.523. The van der Waals surface area contributed by atoms with Gasteiger partial charge in [0.25, 0.3) is 0 Å². The van der Waals surface area contributed by atoms with Crippen LogP contribution in [0.15, 0.2) is 52.3 Å². The molecule has 0 aliphatic carbocycles. The highest BCUT2D eigenvalue weighted by molar-refractivity contribution is 7.89. The predicted molar refractivity (Wildman–Crippen MR) is 128 cm³/mol. The van der Waals surface area contributed by atoms with E-state index in [4.69, 9.17) is 23.2 Å². The van der Waals surface area contributed by atoms with Crippen molar-refractivity contribution in [3.8, 4) is 0 Å². The van der Waals surface area contributed by atoms with Crippen LogP contribution in [0, 0.1) is 11.8 Å². The number of nitrogens with zero attached hydrogens (tertiary/aromatic N) is 2. The molecule has 0 amide bonds. The summed E-state index contributed by atoms with van der Waals surface area (Å²) in [6.45, 7) is 7.14. The second-order valence-electron chi connectivity index (χ2n) is 8.42. The SMILES string of the molecule is CCN(Cc1ccc(Cl)c(Cl)c1)S(=O)(=O)c1ccc(S(=O)(=O)N2CC(C)CC(C)C2)cc1. The summed E-state index contributed by atoms with van der Waals surface area (Å²) in [4.78, 5) is 0.143. The van der Waals surface area contributed by atoms with Crippen LogP contribution in [-0.4, -0.2) is 45.1 Å². The van der Waals surface area contributed by atoms with Crippen molar-refractivity contribution in [2.75, 3.05) is 19.6 Å². The van der Waals surface area contributed by atoms with Crippen LogP contribution in [0.4, 0.5) is 0 Å². The minimum Gasteiger partial charge on any atom is -0.207 e. The van der Waals surface area contributed by atoms with E-state index in [9.17, 15) is 16.8 Å². The Labute approximate surface area is 201 Å². The zero-order valence-electron chi connectivity index (χ0n) is 18.3. The van der Waals surface area contributed by atoms with Gasteiger partial charge in [0.1, 0.15) is 0 Å². The van der Waals surface area contributed by atoms with Gasteiger partial charge in [0.15, 0.2) is 0 Å². The molecular formula is C22H28Cl2N2O4S2. The van der Waals surface area contributed by atoms with Gasteiger partial charge in [-0.3, -0.25) is 0 Å². The summed E-state index contributed by atoms with van der Waals surface area (Å²) in [5.41, 5.74) is 0.706. The summed E-state index contributed by atoms with van der Waals surface area (Å²) in [6.07, 6.45) is 0.995. The first-order valence-electron chi connectivity index (χ1n) is 10.5. The number of halogens is 2. The van der Waals surface area contributed by atoms with Gasteiger partial charge in [0.05, 0.1) is 19.8 Å². The third-order valence-electron chi connectivity index (χ3n) is 5.63. The molecular weight excluding hydrogens is 491 g/mol. The molecule has 0 N–H and O–H groups in total. The molecule has 0 bridgehead atoms. The van der Waals surface area contributed by atoms with Crippen LogP contribution in [-0.2, 0) is 26.6 Å². The van der Waals surface area contributed by atoms with E-state index in [1.165, 1.54) is 32.9 Å². The van der Waals surface area contributed by atoms with Crippen LogP contribution in [0.2, 0.25) is 10.0 Å². The van der Waals surface area contributed by atoms with Crippen LogP contribution in [0.1, 0.15) is 32.8 Å². The van der Waals surface area contributed by atoms with Gasteiger partial charge in [-0.1, -0.05) is 50.0 Å². The van der Waals surface area contributed by atoms with Crippen LogP contribution >= 0.6 is 23.2 Å². The summed E-state index contributed by atoms with van der Waals surface area (Å²) in [7, 11) is -7.50. The molecule has 1 heterocycles. The van der Waals surface area contributed by atoms with Crippen molar-refractivity contribution in [3.05, 3.63) is 58.1 Å². The van der Waals surface area contributed by atoms with Crippen molar-refractivity contribution >= 4 is 43.2 Å². The number of sulfonamides is 2. The van der Waals surface area contributed by atoms with Crippen molar-refractivity contribution in [1.82, 2.24) is 8.61 Å². The van der Waals surface area contributed by atoms with Gasteiger partial charge in [-0.05, 0) is 60.2 Å². The van der Waals surface area contributed by atoms with Gasteiger partial charge in [-0.25, -0.2) is 16.8 Å². The largest absolute Gasteiger partial charge is 0.243 e. The highest BCUT2D eigenvalue weighted by atomic mass is 35.5. The number of benzene rings is 2. The van der Waals surface area contributed by atoms with Gasteiger partial charge in [-0.2, -0.15) is 8.61 Å². The van der Waals surface area contributed by atoms with Crippen molar-refractivity contribution in [2.24, 2.45) is 11.8 Å². The first kappa shape index (κ1) is 25.5. The van der Waals surface area contributed by atoms with E-state index < -0.39 is 20.0 Å². The number of hydrogen-bond donors (Lipinski definition) is 0. The Morgan fingerprint density at radius 3 is 2.00 bits per heavy atom. The zero-order valence-corrected chi connectivity index (χ0v) is 21.5. The Bertz CT molecular complexity index is 1160. The Kier molecular flexibility index (Phi) is 7.95. The lowest BCUT2D eigenvalue weighted by Crippen LogP contribution is -2.42. The van der Waals surface area contributed by atoms with Gasteiger partial charge >= 0.3 is 0 Å². The molecule has 6 nitrogen and oxygen atoms in total.